The lowest BCUT2D eigenvalue weighted by atomic mass is 9.95. The quantitative estimate of drug-likeness (QED) is 0.783. The van der Waals surface area contributed by atoms with Gasteiger partial charge < -0.3 is 10.2 Å². The molecule has 1 N–H and O–H groups in total. The van der Waals surface area contributed by atoms with Gasteiger partial charge in [0.05, 0.1) is 6.54 Å². The van der Waals surface area contributed by atoms with Crippen molar-refractivity contribution in [2.75, 3.05) is 19.6 Å². The summed E-state index contributed by atoms with van der Waals surface area (Å²) in [6.45, 7) is 4.80. The number of carbonyl (C=O) groups excluding carboxylic acids is 1. The number of hydrogen-bond acceptors (Lipinski definition) is 2. The van der Waals surface area contributed by atoms with Crippen LogP contribution in [-0.4, -0.2) is 36.5 Å². The van der Waals surface area contributed by atoms with Crippen LogP contribution >= 0.6 is 0 Å². The molecule has 0 aromatic rings. The summed E-state index contributed by atoms with van der Waals surface area (Å²) in [5, 5.41) is 3.53. The summed E-state index contributed by atoms with van der Waals surface area (Å²) in [4.78, 5) is 14.2. The maximum Gasteiger partial charge on any atom is 0.236 e. The summed E-state index contributed by atoms with van der Waals surface area (Å²) >= 11 is 0. The summed E-state index contributed by atoms with van der Waals surface area (Å²) in [7, 11) is 0. The van der Waals surface area contributed by atoms with Gasteiger partial charge in [-0.2, -0.15) is 0 Å². The Morgan fingerprint density at radius 2 is 1.85 bits per heavy atom. The first-order chi connectivity index (χ1) is 9.79. The van der Waals surface area contributed by atoms with Crippen molar-refractivity contribution in [3.63, 3.8) is 0 Å². The Morgan fingerprint density at radius 1 is 1.05 bits per heavy atom. The molecular formula is C17H32N2O. The molecule has 2 fully saturated rings. The van der Waals surface area contributed by atoms with E-state index in [4.69, 9.17) is 0 Å². The Morgan fingerprint density at radius 3 is 2.60 bits per heavy atom. The van der Waals surface area contributed by atoms with Crippen molar-refractivity contribution in [3.05, 3.63) is 0 Å². The molecule has 1 aliphatic heterocycles. The Hall–Kier alpha value is -0.570. The summed E-state index contributed by atoms with van der Waals surface area (Å²) in [5.74, 6) is 1.25. The molecule has 1 saturated carbocycles. The lowest BCUT2D eigenvalue weighted by molar-refractivity contribution is -0.131. The molecule has 1 amide bonds. The molecule has 3 nitrogen and oxygen atoms in total. The predicted molar refractivity (Wildman–Crippen MR) is 83.7 cm³/mol. The highest BCUT2D eigenvalue weighted by molar-refractivity contribution is 5.78. The molecule has 0 aromatic heterocycles. The highest BCUT2D eigenvalue weighted by Crippen LogP contribution is 2.26. The van der Waals surface area contributed by atoms with Crippen LogP contribution in [0.15, 0.2) is 0 Å². The van der Waals surface area contributed by atoms with Gasteiger partial charge in [-0.1, -0.05) is 32.6 Å². The van der Waals surface area contributed by atoms with Gasteiger partial charge in [-0.25, -0.2) is 0 Å². The zero-order valence-corrected chi connectivity index (χ0v) is 13.2. The largest absolute Gasteiger partial charge is 0.342 e. The number of piperidine rings is 1. The van der Waals surface area contributed by atoms with Crippen LogP contribution in [0.25, 0.3) is 0 Å². The fourth-order valence-electron chi connectivity index (χ4n) is 3.77. The van der Waals surface area contributed by atoms with Gasteiger partial charge in [0.2, 0.25) is 5.91 Å². The van der Waals surface area contributed by atoms with Crippen molar-refractivity contribution in [3.8, 4) is 0 Å². The van der Waals surface area contributed by atoms with Crippen LogP contribution in [0.1, 0.15) is 71.1 Å². The SMILES string of the molecule is CCCC1CCCC(NCC(=O)N2CCCCC2)CC1. The van der Waals surface area contributed by atoms with Crippen molar-refractivity contribution in [1.82, 2.24) is 10.2 Å². The van der Waals surface area contributed by atoms with Gasteiger partial charge in [0.1, 0.15) is 0 Å². The average Bonchev–Trinajstić information content (AvgIpc) is 2.71. The number of likely N-dealkylation sites (tertiary alicyclic amines) is 1. The van der Waals surface area contributed by atoms with Crippen LogP contribution in [0.4, 0.5) is 0 Å². The molecule has 20 heavy (non-hydrogen) atoms. The molecule has 0 aromatic carbocycles. The van der Waals surface area contributed by atoms with E-state index in [0.717, 1.165) is 19.0 Å². The fraction of sp³-hybridized carbons (Fsp3) is 0.941. The first-order valence-corrected chi connectivity index (χ1v) is 8.80. The summed E-state index contributed by atoms with van der Waals surface area (Å²) < 4.78 is 0. The van der Waals surface area contributed by atoms with Crippen molar-refractivity contribution < 1.29 is 4.79 Å². The van der Waals surface area contributed by atoms with Crippen molar-refractivity contribution in [2.24, 2.45) is 5.92 Å². The van der Waals surface area contributed by atoms with Crippen LogP contribution in [0, 0.1) is 5.92 Å². The molecule has 2 rings (SSSR count). The summed E-state index contributed by atoms with van der Waals surface area (Å²) in [5.41, 5.74) is 0. The molecule has 1 aliphatic carbocycles. The van der Waals surface area contributed by atoms with Crippen LogP contribution in [-0.2, 0) is 4.79 Å². The topological polar surface area (TPSA) is 32.3 Å². The Bertz CT molecular complexity index is 287. The highest BCUT2D eigenvalue weighted by Gasteiger charge is 2.20. The summed E-state index contributed by atoms with van der Waals surface area (Å²) in [6, 6.07) is 0.575. The van der Waals surface area contributed by atoms with Crippen molar-refractivity contribution in [1.29, 1.82) is 0 Å². The first kappa shape index (κ1) is 15.8. The second-order valence-electron chi connectivity index (χ2n) is 6.68. The van der Waals surface area contributed by atoms with E-state index in [-0.39, 0.29) is 0 Å². The van der Waals surface area contributed by atoms with Crippen molar-refractivity contribution in [2.45, 2.75) is 77.2 Å². The highest BCUT2D eigenvalue weighted by atomic mass is 16.2. The summed E-state index contributed by atoms with van der Waals surface area (Å²) in [6.07, 6.45) is 13.0. The smallest absolute Gasteiger partial charge is 0.236 e. The van der Waals surface area contributed by atoms with E-state index in [1.165, 1.54) is 64.2 Å². The normalized spacial score (nSPS) is 28.1. The minimum absolute atomic E-state index is 0.319. The van der Waals surface area contributed by atoms with E-state index < -0.39 is 0 Å². The van der Waals surface area contributed by atoms with Gasteiger partial charge in [-0.15, -0.1) is 0 Å². The number of amides is 1. The molecular weight excluding hydrogens is 248 g/mol. The third kappa shape index (κ3) is 5.08. The molecule has 116 valence electrons. The molecule has 3 heteroatoms. The van der Waals surface area contributed by atoms with Crippen LogP contribution in [0.2, 0.25) is 0 Å². The molecule has 0 spiro atoms. The molecule has 0 bridgehead atoms. The van der Waals surface area contributed by atoms with Crippen LogP contribution < -0.4 is 5.32 Å². The second-order valence-corrected chi connectivity index (χ2v) is 6.68. The number of carbonyl (C=O) groups is 1. The average molecular weight is 280 g/mol. The standard InChI is InChI=1S/C17H32N2O/c1-2-7-15-8-6-9-16(11-10-15)18-14-17(20)19-12-4-3-5-13-19/h15-16,18H,2-14H2,1H3. The fourth-order valence-corrected chi connectivity index (χ4v) is 3.77. The van der Waals surface area contributed by atoms with E-state index >= 15 is 0 Å². The zero-order chi connectivity index (χ0) is 14.2. The Kier molecular flexibility index (Phi) is 6.85. The minimum Gasteiger partial charge on any atom is -0.342 e. The van der Waals surface area contributed by atoms with Gasteiger partial charge in [0.25, 0.3) is 0 Å². The monoisotopic (exact) mass is 280 g/mol. The minimum atomic E-state index is 0.319. The third-order valence-corrected chi connectivity index (χ3v) is 5.04. The molecule has 1 saturated heterocycles. The lowest BCUT2D eigenvalue weighted by Gasteiger charge is -2.27. The Labute approximate surface area is 124 Å². The van der Waals surface area contributed by atoms with E-state index in [2.05, 4.69) is 12.2 Å². The maximum absolute atomic E-state index is 12.2. The molecule has 2 atom stereocenters. The Balaban J connectivity index is 1.66. The van der Waals surface area contributed by atoms with Gasteiger partial charge in [-0.3, -0.25) is 4.79 Å². The maximum atomic E-state index is 12.2. The van der Waals surface area contributed by atoms with Crippen molar-refractivity contribution >= 4 is 5.91 Å². The van der Waals surface area contributed by atoms with Gasteiger partial charge in [0.15, 0.2) is 0 Å². The number of hydrogen-bond donors (Lipinski definition) is 1. The predicted octanol–water partition coefficient (Wildman–Crippen LogP) is 3.34. The van der Waals surface area contributed by atoms with Gasteiger partial charge in [-0.05, 0) is 44.4 Å². The van der Waals surface area contributed by atoms with E-state index in [1.54, 1.807) is 0 Å². The first-order valence-electron chi connectivity index (χ1n) is 8.80. The third-order valence-electron chi connectivity index (χ3n) is 5.04. The zero-order valence-electron chi connectivity index (χ0n) is 13.2. The second kappa shape index (κ2) is 8.66. The lowest BCUT2D eigenvalue weighted by Crippen LogP contribution is -2.43. The van der Waals surface area contributed by atoms with Gasteiger partial charge in [0, 0.05) is 19.1 Å². The number of nitrogens with one attached hydrogen (secondary N) is 1. The number of nitrogens with zero attached hydrogens (tertiary/aromatic N) is 1. The molecule has 2 aliphatic rings. The van der Waals surface area contributed by atoms with Gasteiger partial charge >= 0.3 is 0 Å². The molecule has 0 radical (unpaired) electrons. The van der Waals surface area contributed by atoms with E-state index in [9.17, 15) is 4.79 Å². The number of rotatable bonds is 5. The van der Waals surface area contributed by atoms with Crippen LogP contribution in [0.3, 0.4) is 0 Å². The molecule has 1 heterocycles. The molecule has 2 unspecified atom stereocenters. The van der Waals surface area contributed by atoms with E-state index in [1.807, 2.05) is 4.90 Å². The van der Waals surface area contributed by atoms with E-state index in [0.29, 0.717) is 18.5 Å². The van der Waals surface area contributed by atoms with Crippen LogP contribution in [0.5, 0.6) is 0 Å².